The van der Waals surface area contributed by atoms with Gasteiger partial charge in [-0.1, -0.05) is 59.1 Å². The number of hydrogen-bond acceptors (Lipinski definition) is 1. The van der Waals surface area contributed by atoms with Crippen LogP contribution in [0.1, 0.15) is 17.1 Å². The van der Waals surface area contributed by atoms with E-state index in [4.69, 9.17) is 34.8 Å². The molecule has 0 radical (unpaired) electrons. The number of nitrogens with one attached hydrogen (secondary N) is 1. The van der Waals surface area contributed by atoms with E-state index in [1.165, 1.54) is 0 Å². The highest BCUT2D eigenvalue weighted by Crippen LogP contribution is 2.29. The molecule has 2 aromatic carbocycles. The van der Waals surface area contributed by atoms with Gasteiger partial charge in [0.2, 0.25) is 0 Å². The summed E-state index contributed by atoms with van der Waals surface area (Å²) in [6.07, 6.45) is 0.612. The second-order valence-electron chi connectivity index (χ2n) is 5.05. The minimum absolute atomic E-state index is 0.612. The van der Waals surface area contributed by atoms with Gasteiger partial charge in [-0.15, -0.1) is 0 Å². The molecule has 1 aromatic heterocycles. The van der Waals surface area contributed by atoms with E-state index in [1.54, 1.807) is 6.07 Å². The Morgan fingerprint density at radius 2 is 1.77 bits per heavy atom. The summed E-state index contributed by atoms with van der Waals surface area (Å²) in [5.74, 6) is 0.844. The van der Waals surface area contributed by atoms with Crippen molar-refractivity contribution in [3.63, 3.8) is 0 Å². The molecule has 112 valence electrons. The lowest BCUT2D eigenvalue weighted by Gasteiger charge is -2.02. The van der Waals surface area contributed by atoms with Crippen molar-refractivity contribution in [2.45, 2.75) is 13.3 Å². The minimum atomic E-state index is 0.612. The molecule has 3 rings (SSSR count). The van der Waals surface area contributed by atoms with E-state index in [1.807, 2.05) is 43.3 Å². The van der Waals surface area contributed by atoms with Crippen molar-refractivity contribution in [1.29, 1.82) is 0 Å². The smallest absolute Gasteiger partial charge is 0.111 e. The first-order valence-corrected chi connectivity index (χ1v) is 7.92. The molecule has 0 amide bonds. The molecule has 0 aliphatic carbocycles. The summed E-state index contributed by atoms with van der Waals surface area (Å²) >= 11 is 18.4. The van der Waals surface area contributed by atoms with Gasteiger partial charge in [-0.2, -0.15) is 0 Å². The zero-order chi connectivity index (χ0) is 15.7. The highest BCUT2D eigenvalue weighted by Gasteiger charge is 2.13. The van der Waals surface area contributed by atoms with Crippen LogP contribution in [0, 0.1) is 6.92 Å². The van der Waals surface area contributed by atoms with Gasteiger partial charge in [-0.05, 0) is 30.7 Å². The number of imidazole rings is 1. The fourth-order valence-corrected chi connectivity index (χ4v) is 3.07. The molecule has 22 heavy (non-hydrogen) atoms. The van der Waals surface area contributed by atoms with Crippen LogP contribution in [0.2, 0.25) is 15.1 Å². The topological polar surface area (TPSA) is 28.7 Å². The molecule has 0 spiro atoms. The third-order valence-corrected chi connectivity index (χ3v) is 4.35. The number of benzene rings is 2. The van der Waals surface area contributed by atoms with Gasteiger partial charge in [-0.3, -0.25) is 0 Å². The first-order valence-electron chi connectivity index (χ1n) is 6.79. The number of H-pyrrole nitrogens is 1. The van der Waals surface area contributed by atoms with Gasteiger partial charge in [-0.25, -0.2) is 4.98 Å². The number of nitrogens with zero attached hydrogens (tertiary/aromatic N) is 1. The van der Waals surface area contributed by atoms with Gasteiger partial charge in [0, 0.05) is 27.7 Å². The Balaban J connectivity index is 1.94. The molecule has 3 aromatic rings. The largest absolute Gasteiger partial charge is 0.345 e. The highest BCUT2D eigenvalue weighted by atomic mass is 35.5. The molecule has 1 N–H and O–H groups in total. The quantitative estimate of drug-likeness (QED) is 0.622. The van der Waals surface area contributed by atoms with Crippen LogP contribution in [-0.4, -0.2) is 9.97 Å². The normalized spacial score (nSPS) is 10.9. The summed E-state index contributed by atoms with van der Waals surface area (Å²) < 4.78 is 0. The average Bonchev–Trinajstić information content (AvgIpc) is 2.83. The third kappa shape index (κ3) is 3.14. The van der Waals surface area contributed by atoms with Crippen LogP contribution in [0.15, 0.2) is 42.5 Å². The first-order chi connectivity index (χ1) is 10.5. The zero-order valence-corrected chi connectivity index (χ0v) is 14.1. The fourth-order valence-electron chi connectivity index (χ4n) is 2.37. The van der Waals surface area contributed by atoms with Gasteiger partial charge >= 0.3 is 0 Å². The summed E-state index contributed by atoms with van der Waals surface area (Å²) in [5, 5.41) is 1.95. The van der Waals surface area contributed by atoms with Crippen molar-refractivity contribution in [2.75, 3.05) is 0 Å². The van der Waals surface area contributed by atoms with E-state index in [9.17, 15) is 0 Å². The summed E-state index contributed by atoms with van der Waals surface area (Å²) in [6, 6.07) is 13.2. The average molecular weight is 352 g/mol. The predicted molar refractivity (Wildman–Crippen MR) is 93.0 cm³/mol. The second-order valence-corrected chi connectivity index (χ2v) is 6.30. The van der Waals surface area contributed by atoms with Crippen LogP contribution in [0.5, 0.6) is 0 Å². The van der Waals surface area contributed by atoms with E-state index >= 15 is 0 Å². The van der Waals surface area contributed by atoms with Gasteiger partial charge in [0.1, 0.15) is 5.82 Å². The number of aryl methyl sites for hydroxylation is 1. The molecule has 0 atom stereocenters. The number of aromatic nitrogens is 2. The van der Waals surface area contributed by atoms with Crippen molar-refractivity contribution in [3.05, 3.63) is 74.6 Å². The summed E-state index contributed by atoms with van der Waals surface area (Å²) in [6.45, 7) is 1.98. The van der Waals surface area contributed by atoms with Gasteiger partial charge in [0.05, 0.1) is 10.7 Å². The van der Waals surface area contributed by atoms with Crippen molar-refractivity contribution in [1.82, 2.24) is 9.97 Å². The summed E-state index contributed by atoms with van der Waals surface area (Å²) in [7, 11) is 0. The maximum absolute atomic E-state index is 6.25. The van der Waals surface area contributed by atoms with Gasteiger partial charge in [0.15, 0.2) is 0 Å². The lowest BCUT2D eigenvalue weighted by Crippen LogP contribution is -1.92. The van der Waals surface area contributed by atoms with E-state index in [0.717, 1.165) is 28.3 Å². The minimum Gasteiger partial charge on any atom is -0.345 e. The number of hydrogen-bond donors (Lipinski definition) is 1. The van der Waals surface area contributed by atoms with Gasteiger partial charge < -0.3 is 4.98 Å². The molecular weight excluding hydrogens is 339 g/mol. The van der Waals surface area contributed by atoms with Crippen molar-refractivity contribution in [3.8, 4) is 11.3 Å². The van der Waals surface area contributed by atoms with Crippen molar-refractivity contribution < 1.29 is 0 Å². The van der Waals surface area contributed by atoms with Gasteiger partial charge in [0.25, 0.3) is 0 Å². The molecule has 0 fully saturated rings. The summed E-state index contributed by atoms with van der Waals surface area (Å²) in [4.78, 5) is 7.97. The van der Waals surface area contributed by atoms with E-state index in [0.29, 0.717) is 21.5 Å². The van der Waals surface area contributed by atoms with E-state index in [-0.39, 0.29) is 0 Å². The summed E-state index contributed by atoms with van der Waals surface area (Å²) in [5.41, 5.74) is 3.75. The molecule has 0 bridgehead atoms. The lowest BCUT2D eigenvalue weighted by atomic mass is 10.1. The number of halogens is 3. The molecule has 0 unspecified atom stereocenters. The van der Waals surface area contributed by atoms with Crippen LogP contribution in [0.3, 0.4) is 0 Å². The molecule has 2 nitrogen and oxygen atoms in total. The van der Waals surface area contributed by atoms with Crippen molar-refractivity contribution >= 4 is 34.8 Å². The Kier molecular flexibility index (Phi) is 4.44. The van der Waals surface area contributed by atoms with E-state index < -0.39 is 0 Å². The molecule has 1 heterocycles. The Bertz CT molecular complexity index is 825. The monoisotopic (exact) mass is 350 g/mol. The molecule has 5 heteroatoms. The third-order valence-electron chi connectivity index (χ3n) is 3.44. The number of rotatable bonds is 3. The maximum Gasteiger partial charge on any atom is 0.111 e. The van der Waals surface area contributed by atoms with E-state index in [2.05, 4.69) is 9.97 Å². The Labute approximate surface area is 144 Å². The van der Waals surface area contributed by atoms with Crippen LogP contribution in [0.25, 0.3) is 11.3 Å². The molecule has 0 saturated heterocycles. The SMILES string of the molecule is Cc1[nH]c(Cc2ccc(Cl)cc2Cl)nc1-c1ccccc1Cl. The highest BCUT2D eigenvalue weighted by molar-refractivity contribution is 6.35. The Morgan fingerprint density at radius 1 is 1.00 bits per heavy atom. The standard InChI is InChI=1S/C17H13Cl3N2/c1-10-17(13-4-2-3-5-14(13)19)22-16(21-10)8-11-6-7-12(18)9-15(11)20/h2-7,9H,8H2,1H3,(H,21,22). The molecule has 0 aliphatic heterocycles. The lowest BCUT2D eigenvalue weighted by molar-refractivity contribution is 1.02. The van der Waals surface area contributed by atoms with Crippen LogP contribution < -0.4 is 0 Å². The Morgan fingerprint density at radius 3 is 2.50 bits per heavy atom. The predicted octanol–water partition coefficient (Wildman–Crippen LogP) is 5.94. The van der Waals surface area contributed by atoms with Crippen molar-refractivity contribution in [2.24, 2.45) is 0 Å². The maximum atomic E-state index is 6.25. The second kappa shape index (κ2) is 6.33. The van der Waals surface area contributed by atoms with Crippen LogP contribution in [-0.2, 0) is 6.42 Å². The molecule has 0 aliphatic rings. The van der Waals surface area contributed by atoms with Crippen LogP contribution >= 0.6 is 34.8 Å². The van der Waals surface area contributed by atoms with Crippen LogP contribution in [0.4, 0.5) is 0 Å². The first kappa shape index (κ1) is 15.4. The number of aromatic amines is 1. The molecule has 0 saturated carbocycles. The fraction of sp³-hybridized carbons (Fsp3) is 0.118. The zero-order valence-electron chi connectivity index (χ0n) is 11.8. The Hall–Kier alpha value is -1.48. The molecular formula is C17H13Cl3N2.